The Morgan fingerprint density at radius 2 is 1.50 bits per heavy atom. The fraction of sp³-hybridized carbons (Fsp3) is 0.0870. The van der Waals surface area contributed by atoms with Gasteiger partial charge in [0, 0.05) is 16.7 Å². The summed E-state index contributed by atoms with van der Waals surface area (Å²) in [4.78, 5) is 12.5. The van der Waals surface area contributed by atoms with Gasteiger partial charge in [-0.3, -0.25) is 4.79 Å². The fourth-order valence-electron chi connectivity index (χ4n) is 2.82. The van der Waals surface area contributed by atoms with Crippen LogP contribution in [-0.4, -0.2) is 13.2 Å². The first-order chi connectivity index (χ1) is 13.7. The number of halogens is 1. The van der Waals surface area contributed by atoms with Crippen molar-refractivity contribution in [2.24, 2.45) is 0 Å². The molecule has 0 atom stereocenters. The van der Waals surface area contributed by atoms with Crippen LogP contribution in [0.3, 0.4) is 0 Å². The molecule has 0 saturated carbocycles. The molecule has 4 aromatic rings. The van der Waals surface area contributed by atoms with Gasteiger partial charge in [-0.2, -0.15) is 0 Å². The lowest BCUT2D eigenvalue weighted by Gasteiger charge is -2.09. The van der Waals surface area contributed by atoms with E-state index in [4.69, 9.17) is 25.5 Å². The second-order valence-electron chi connectivity index (χ2n) is 6.15. The van der Waals surface area contributed by atoms with E-state index in [-0.39, 0.29) is 5.43 Å². The Labute approximate surface area is 166 Å². The maximum atomic E-state index is 12.5. The van der Waals surface area contributed by atoms with Crippen LogP contribution in [0.5, 0.6) is 11.5 Å². The summed E-state index contributed by atoms with van der Waals surface area (Å²) >= 11 is 5.91. The molecule has 0 spiro atoms. The van der Waals surface area contributed by atoms with Crippen molar-refractivity contribution >= 4 is 22.6 Å². The Morgan fingerprint density at radius 3 is 2.25 bits per heavy atom. The number of para-hydroxylation sites is 1. The summed E-state index contributed by atoms with van der Waals surface area (Å²) in [6, 6.07) is 23.4. The van der Waals surface area contributed by atoms with Gasteiger partial charge in [0.05, 0.1) is 5.39 Å². The van der Waals surface area contributed by atoms with E-state index in [1.807, 2.05) is 42.5 Å². The van der Waals surface area contributed by atoms with Gasteiger partial charge in [-0.25, -0.2) is 0 Å². The number of ether oxygens (including phenoxy) is 2. The van der Waals surface area contributed by atoms with Crippen LogP contribution < -0.4 is 14.9 Å². The summed E-state index contributed by atoms with van der Waals surface area (Å²) < 4.78 is 17.2. The molecule has 0 unspecified atom stereocenters. The monoisotopic (exact) mass is 392 g/mol. The summed E-state index contributed by atoms with van der Waals surface area (Å²) in [5.74, 6) is 1.88. The highest BCUT2D eigenvalue weighted by Gasteiger charge is 2.08. The maximum absolute atomic E-state index is 12.5. The Bertz CT molecular complexity index is 1130. The highest BCUT2D eigenvalue weighted by Crippen LogP contribution is 2.25. The Hall–Kier alpha value is -3.24. The quantitative estimate of drug-likeness (QED) is 0.402. The van der Waals surface area contributed by atoms with Crippen LogP contribution in [0.4, 0.5) is 0 Å². The predicted molar refractivity (Wildman–Crippen MR) is 110 cm³/mol. The molecule has 4 rings (SSSR count). The molecule has 28 heavy (non-hydrogen) atoms. The number of rotatable bonds is 6. The zero-order chi connectivity index (χ0) is 19.3. The van der Waals surface area contributed by atoms with Gasteiger partial charge in [-0.1, -0.05) is 29.8 Å². The zero-order valence-electron chi connectivity index (χ0n) is 14.9. The standard InChI is InChI=1S/C23H17ClO4/c24-17-8-6-16(7-9-17)23-15-21(25)20-14-19(10-11-22(20)28-23)27-13-12-26-18-4-2-1-3-5-18/h1-11,14-15H,12-13H2. The summed E-state index contributed by atoms with van der Waals surface area (Å²) in [5.41, 5.74) is 1.17. The van der Waals surface area contributed by atoms with Gasteiger partial charge in [-0.05, 0) is 54.6 Å². The first kappa shape index (κ1) is 18.1. The SMILES string of the molecule is O=c1cc(-c2ccc(Cl)cc2)oc2ccc(OCCOc3ccccc3)cc12. The zero-order valence-corrected chi connectivity index (χ0v) is 15.7. The van der Waals surface area contributed by atoms with E-state index in [9.17, 15) is 4.79 Å². The Morgan fingerprint density at radius 1 is 0.786 bits per heavy atom. The first-order valence-corrected chi connectivity index (χ1v) is 9.21. The second kappa shape index (κ2) is 8.19. The maximum Gasteiger partial charge on any atom is 0.193 e. The summed E-state index contributed by atoms with van der Waals surface area (Å²) in [6.45, 7) is 0.779. The van der Waals surface area contributed by atoms with E-state index >= 15 is 0 Å². The van der Waals surface area contributed by atoms with Crippen LogP contribution in [-0.2, 0) is 0 Å². The van der Waals surface area contributed by atoms with Crippen molar-refractivity contribution in [3.63, 3.8) is 0 Å². The van der Waals surface area contributed by atoms with Crippen LogP contribution in [0.2, 0.25) is 5.02 Å². The smallest absolute Gasteiger partial charge is 0.193 e. The lowest BCUT2D eigenvalue weighted by Crippen LogP contribution is -2.09. The molecule has 0 N–H and O–H groups in total. The highest BCUT2D eigenvalue weighted by atomic mass is 35.5. The summed E-state index contributed by atoms with van der Waals surface area (Å²) in [6.07, 6.45) is 0. The molecule has 0 bridgehead atoms. The molecule has 140 valence electrons. The average molecular weight is 393 g/mol. The minimum absolute atomic E-state index is 0.128. The highest BCUT2D eigenvalue weighted by molar-refractivity contribution is 6.30. The number of hydrogen-bond donors (Lipinski definition) is 0. The number of fused-ring (bicyclic) bond motifs is 1. The molecular weight excluding hydrogens is 376 g/mol. The molecule has 0 radical (unpaired) electrons. The van der Waals surface area contributed by atoms with E-state index < -0.39 is 0 Å². The first-order valence-electron chi connectivity index (χ1n) is 8.83. The Kier molecular flexibility index (Phi) is 5.31. The van der Waals surface area contributed by atoms with Gasteiger partial charge in [0.15, 0.2) is 5.43 Å². The molecular formula is C23H17ClO4. The topological polar surface area (TPSA) is 48.7 Å². The molecule has 0 aliphatic heterocycles. The van der Waals surface area contributed by atoms with Crippen LogP contribution in [0, 0.1) is 0 Å². The minimum atomic E-state index is -0.128. The van der Waals surface area contributed by atoms with Crippen molar-refractivity contribution in [3.05, 3.63) is 94.1 Å². The third-order valence-electron chi connectivity index (χ3n) is 4.19. The number of hydrogen-bond acceptors (Lipinski definition) is 4. The Balaban J connectivity index is 1.48. The third-order valence-corrected chi connectivity index (χ3v) is 4.44. The van der Waals surface area contributed by atoms with Crippen LogP contribution >= 0.6 is 11.6 Å². The molecule has 4 nitrogen and oxygen atoms in total. The third kappa shape index (κ3) is 4.18. The number of benzene rings is 3. The van der Waals surface area contributed by atoms with Crippen molar-refractivity contribution in [1.29, 1.82) is 0 Å². The largest absolute Gasteiger partial charge is 0.490 e. The van der Waals surface area contributed by atoms with E-state index in [0.717, 1.165) is 11.3 Å². The van der Waals surface area contributed by atoms with Gasteiger partial charge in [0.2, 0.25) is 0 Å². The van der Waals surface area contributed by atoms with E-state index in [2.05, 4.69) is 0 Å². The van der Waals surface area contributed by atoms with Crippen molar-refractivity contribution in [2.45, 2.75) is 0 Å². The van der Waals surface area contributed by atoms with Gasteiger partial charge >= 0.3 is 0 Å². The van der Waals surface area contributed by atoms with Crippen LogP contribution in [0.1, 0.15) is 0 Å². The van der Waals surface area contributed by atoms with Crippen molar-refractivity contribution < 1.29 is 13.9 Å². The van der Waals surface area contributed by atoms with E-state index in [1.54, 1.807) is 30.3 Å². The van der Waals surface area contributed by atoms with Gasteiger partial charge in [0.1, 0.15) is 36.1 Å². The van der Waals surface area contributed by atoms with E-state index in [1.165, 1.54) is 6.07 Å². The molecule has 0 saturated heterocycles. The average Bonchev–Trinajstić information content (AvgIpc) is 2.73. The molecule has 0 amide bonds. The van der Waals surface area contributed by atoms with Crippen molar-refractivity contribution in [3.8, 4) is 22.8 Å². The van der Waals surface area contributed by atoms with E-state index in [0.29, 0.717) is 40.7 Å². The minimum Gasteiger partial charge on any atom is -0.490 e. The molecule has 5 heteroatoms. The van der Waals surface area contributed by atoms with Gasteiger partial charge < -0.3 is 13.9 Å². The molecule has 0 aliphatic rings. The molecule has 1 heterocycles. The summed E-state index contributed by atoms with van der Waals surface area (Å²) in [7, 11) is 0. The lowest BCUT2D eigenvalue weighted by molar-refractivity contribution is 0.217. The lowest BCUT2D eigenvalue weighted by atomic mass is 10.1. The molecule has 0 aliphatic carbocycles. The van der Waals surface area contributed by atoms with Gasteiger partial charge in [-0.15, -0.1) is 0 Å². The van der Waals surface area contributed by atoms with Crippen LogP contribution in [0.15, 0.2) is 88.1 Å². The predicted octanol–water partition coefficient (Wildman–Crippen LogP) is 5.57. The molecule has 1 aromatic heterocycles. The fourth-order valence-corrected chi connectivity index (χ4v) is 2.94. The van der Waals surface area contributed by atoms with Gasteiger partial charge in [0.25, 0.3) is 0 Å². The second-order valence-corrected chi connectivity index (χ2v) is 6.59. The summed E-state index contributed by atoms with van der Waals surface area (Å²) in [5, 5.41) is 1.10. The molecule has 3 aromatic carbocycles. The normalized spacial score (nSPS) is 10.8. The van der Waals surface area contributed by atoms with Crippen LogP contribution in [0.25, 0.3) is 22.3 Å². The van der Waals surface area contributed by atoms with Crippen molar-refractivity contribution in [1.82, 2.24) is 0 Å². The molecule has 0 fully saturated rings. The van der Waals surface area contributed by atoms with Crippen molar-refractivity contribution in [2.75, 3.05) is 13.2 Å².